The van der Waals surface area contributed by atoms with Crippen LogP contribution in [0.25, 0.3) is 0 Å². The first-order valence-electron chi connectivity index (χ1n) is 6.35. The second-order valence-corrected chi connectivity index (χ2v) is 5.70. The highest BCUT2D eigenvalue weighted by Crippen LogP contribution is 2.35. The SMILES string of the molecule is CCCNCC(C)(C)CC1CCCC1. The lowest BCUT2D eigenvalue weighted by Crippen LogP contribution is -2.31. The lowest BCUT2D eigenvalue weighted by atomic mass is 9.82. The Hall–Kier alpha value is -0.0400. The largest absolute Gasteiger partial charge is 0.316 e. The Morgan fingerprint density at radius 1 is 1.21 bits per heavy atom. The molecule has 1 nitrogen and oxygen atoms in total. The second kappa shape index (κ2) is 5.75. The van der Waals surface area contributed by atoms with Crippen LogP contribution >= 0.6 is 0 Å². The van der Waals surface area contributed by atoms with Gasteiger partial charge in [0.15, 0.2) is 0 Å². The van der Waals surface area contributed by atoms with E-state index in [0.717, 1.165) is 5.92 Å². The Morgan fingerprint density at radius 3 is 2.43 bits per heavy atom. The van der Waals surface area contributed by atoms with Crippen LogP contribution in [-0.4, -0.2) is 13.1 Å². The van der Waals surface area contributed by atoms with E-state index in [-0.39, 0.29) is 0 Å². The molecule has 0 unspecified atom stereocenters. The van der Waals surface area contributed by atoms with Crippen LogP contribution in [0.1, 0.15) is 59.3 Å². The number of hydrogen-bond donors (Lipinski definition) is 1. The Bertz CT molecular complexity index is 145. The highest BCUT2D eigenvalue weighted by Gasteiger charge is 2.24. The summed E-state index contributed by atoms with van der Waals surface area (Å²) < 4.78 is 0. The van der Waals surface area contributed by atoms with E-state index in [0.29, 0.717) is 5.41 Å². The van der Waals surface area contributed by atoms with Gasteiger partial charge in [0.1, 0.15) is 0 Å². The van der Waals surface area contributed by atoms with Crippen LogP contribution in [0.4, 0.5) is 0 Å². The van der Waals surface area contributed by atoms with E-state index in [1.54, 1.807) is 0 Å². The summed E-state index contributed by atoms with van der Waals surface area (Å²) in [5.74, 6) is 1.02. The average molecular weight is 197 g/mol. The minimum absolute atomic E-state index is 0.504. The summed E-state index contributed by atoms with van der Waals surface area (Å²) in [5.41, 5.74) is 0.504. The summed E-state index contributed by atoms with van der Waals surface area (Å²) in [6.07, 6.45) is 8.59. The Balaban J connectivity index is 2.18. The molecule has 1 aliphatic rings. The van der Waals surface area contributed by atoms with Crippen molar-refractivity contribution in [2.24, 2.45) is 11.3 Å². The summed E-state index contributed by atoms with van der Waals surface area (Å²) in [5, 5.41) is 3.55. The Kier molecular flexibility index (Phi) is 4.94. The first kappa shape index (κ1) is 12.0. The van der Waals surface area contributed by atoms with Gasteiger partial charge < -0.3 is 5.32 Å². The molecule has 1 rings (SSSR count). The molecule has 1 fully saturated rings. The highest BCUT2D eigenvalue weighted by atomic mass is 14.9. The molecule has 0 aromatic carbocycles. The van der Waals surface area contributed by atoms with E-state index in [9.17, 15) is 0 Å². The zero-order chi connectivity index (χ0) is 10.4. The quantitative estimate of drug-likeness (QED) is 0.642. The minimum Gasteiger partial charge on any atom is -0.316 e. The van der Waals surface area contributed by atoms with Crippen LogP contribution in [0.2, 0.25) is 0 Å². The van der Waals surface area contributed by atoms with E-state index in [4.69, 9.17) is 0 Å². The topological polar surface area (TPSA) is 12.0 Å². The maximum atomic E-state index is 3.55. The molecule has 0 bridgehead atoms. The Labute approximate surface area is 89.7 Å². The van der Waals surface area contributed by atoms with Gasteiger partial charge in [-0.1, -0.05) is 46.5 Å². The molecule has 0 saturated heterocycles. The third kappa shape index (κ3) is 4.45. The normalized spacial score (nSPS) is 19.1. The van der Waals surface area contributed by atoms with Crippen molar-refractivity contribution in [1.82, 2.24) is 5.32 Å². The van der Waals surface area contributed by atoms with Crippen LogP contribution in [0.15, 0.2) is 0 Å². The van der Waals surface area contributed by atoms with Crippen LogP contribution < -0.4 is 5.32 Å². The zero-order valence-corrected chi connectivity index (χ0v) is 10.2. The third-order valence-corrected chi connectivity index (χ3v) is 3.35. The van der Waals surface area contributed by atoms with Gasteiger partial charge in [0, 0.05) is 6.54 Å². The predicted molar refractivity (Wildman–Crippen MR) is 63.5 cm³/mol. The van der Waals surface area contributed by atoms with Crippen molar-refractivity contribution in [3.05, 3.63) is 0 Å². The molecule has 0 amide bonds. The molecule has 1 heteroatoms. The number of rotatable bonds is 6. The lowest BCUT2D eigenvalue weighted by molar-refractivity contribution is 0.257. The van der Waals surface area contributed by atoms with Crippen molar-refractivity contribution in [1.29, 1.82) is 0 Å². The molecule has 0 aliphatic heterocycles. The van der Waals surface area contributed by atoms with Gasteiger partial charge in [-0.05, 0) is 30.7 Å². The molecule has 14 heavy (non-hydrogen) atoms. The first-order chi connectivity index (χ1) is 6.64. The summed E-state index contributed by atoms with van der Waals surface area (Å²) >= 11 is 0. The fourth-order valence-corrected chi connectivity index (χ4v) is 2.67. The summed E-state index contributed by atoms with van der Waals surface area (Å²) in [4.78, 5) is 0. The smallest absolute Gasteiger partial charge is 0.000262 e. The molecule has 0 heterocycles. The molecular formula is C13H27N. The molecular weight excluding hydrogens is 170 g/mol. The maximum Gasteiger partial charge on any atom is 0.000262 e. The molecule has 0 radical (unpaired) electrons. The molecule has 0 aromatic rings. The number of nitrogens with one attached hydrogen (secondary N) is 1. The van der Waals surface area contributed by atoms with Crippen molar-refractivity contribution in [2.45, 2.75) is 59.3 Å². The summed E-state index contributed by atoms with van der Waals surface area (Å²) in [6, 6.07) is 0. The van der Waals surface area contributed by atoms with Crippen molar-refractivity contribution in [2.75, 3.05) is 13.1 Å². The van der Waals surface area contributed by atoms with Gasteiger partial charge >= 0.3 is 0 Å². The lowest BCUT2D eigenvalue weighted by Gasteiger charge is -2.28. The predicted octanol–water partition coefficient (Wildman–Crippen LogP) is 3.59. The van der Waals surface area contributed by atoms with Crippen LogP contribution in [0.5, 0.6) is 0 Å². The molecule has 1 aliphatic carbocycles. The standard InChI is InChI=1S/C13H27N/c1-4-9-14-11-13(2,3)10-12-7-5-6-8-12/h12,14H,4-11H2,1-3H3. The van der Waals surface area contributed by atoms with Crippen molar-refractivity contribution in [3.63, 3.8) is 0 Å². The molecule has 1 saturated carbocycles. The number of hydrogen-bond acceptors (Lipinski definition) is 1. The van der Waals surface area contributed by atoms with Crippen molar-refractivity contribution in [3.8, 4) is 0 Å². The van der Waals surface area contributed by atoms with Gasteiger partial charge in [0.25, 0.3) is 0 Å². The first-order valence-corrected chi connectivity index (χ1v) is 6.35. The summed E-state index contributed by atoms with van der Waals surface area (Å²) in [7, 11) is 0. The van der Waals surface area contributed by atoms with Gasteiger partial charge in [-0.3, -0.25) is 0 Å². The Morgan fingerprint density at radius 2 is 1.86 bits per heavy atom. The van der Waals surface area contributed by atoms with Crippen molar-refractivity contribution < 1.29 is 0 Å². The minimum atomic E-state index is 0.504. The third-order valence-electron chi connectivity index (χ3n) is 3.35. The maximum absolute atomic E-state index is 3.55. The molecule has 1 N–H and O–H groups in total. The van der Waals surface area contributed by atoms with E-state index in [1.165, 1.54) is 51.6 Å². The zero-order valence-electron chi connectivity index (χ0n) is 10.2. The van der Waals surface area contributed by atoms with E-state index < -0.39 is 0 Å². The average Bonchev–Trinajstić information content (AvgIpc) is 2.56. The fourth-order valence-electron chi connectivity index (χ4n) is 2.67. The molecule has 0 atom stereocenters. The van der Waals surface area contributed by atoms with Gasteiger partial charge in [0.05, 0.1) is 0 Å². The fraction of sp³-hybridized carbons (Fsp3) is 1.00. The molecule has 0 aromatic heterocycles. The van der Waals surface area contributed by atoms with Gasteiger partial charge in [-0.25, -0.2) is 0 Å². The summed E-state index contributed by atoms with van der Waals surface area (Å²) in [6.45, 7) is 9.42. The van der Waals surface area contributed by atoms with Gasteiger partial charge in [-0.2, -0.15) is 0 Å². The highest BCUT2D eigenvalue weighted by molar-refractivity contribution is 4.78. The monoisotopic (exact) mass is 197 g/mol. The van der Waals surface area contributed by atoms with E-state index in [1.807, 2.05) is 0 Å². The molecule has 84 valence electrons. The van der Waals surface area contributed by atoms with E-state index in [2.05, 4.69) is 26.1 Å². The van der Waals surface area contributed by atoms with Crippen LogP contribution in [0, 0.1) is 11.3 Å². The molecule has 0 spiro atoms. The van der Waals surface area contributed by atoms with Crippen molar-refractivity contribution >= 4 is 0 Å². The van der Waals surface area contributed by atoms with Gasteiger partial charge in [-0.15, -0.1) is 0 Å². The van der Waals surface area contributed by atoms with E-state index >= 15 is 0 Å². The van der Waals surface area contributed by atoms with Crippen LogP contribution in [0.3, 0.4) is 0 Å². The second-order valence-electron chi connectivity index (χ2n) is 5.70. The van der Waals surface area contributed by atoms with Crippen LogP contribution in [-0.2, 0) is 0 Å². The van der Waals surface area contributed by atoms with Gasteiger partial charge in [0.2, 0.25) is 0 Å².